The van der Waals surface area contributed by atoms with Gasteiger partial charge in [0.15, 0.2) is 0 Å². The Bertz CT molecular complexity index is 534. The largest absolute Gasteiger partial charge is 0.423 e. The summed E-state index contributed by atoms with van der Waals surface area (Å²) in [4.78, 5) is 0. The molecule has 5 nitrogen and oxygen atoms in total. The number of hydrogen-bond donors (Lipinski definition) is 1. The molecule has 19 heavy (non-hydrogen) atoms. The zero-order valence-electron chi connectivity index (χ0n) is 10.9. The topological polar surface area (TPSA) is 60.2 Å². The van der Waals surface area contributed by atoms with Gasteiger partial charge in [0.2, 0.25) is 12.3 Å². The maximum atomic E-state index is 5.61. The summed E-state index contributed by atoms with van der Waals surface area (Å²) in [5.74, 6) is 0.542. The molecule has 5 heteroatoms. The van der Waals surface area contributed by atoms with Crippen LogP contribution in [-0.4, -0.2) is 29.5 Å². The third-order valence-corrected chi connectivity index (χ3v) is 3.39. The number of aryl methyl sites for hydroxylation is 1. The lowest BCUT2D eigenvalue weighted by atomic mass is 10.1. The van der Waals surface area contributed by atoms with E-state index in [1.54, 1.807) is 0 Å². The zero-order valence-corrected chi connectivity index (χ0v) is 10.9. The number of rotatable bonds is 4. The maximum absolute atomic E-state index is 5.61. The molecule has 3 rings (SSSR count). The summed E-state index contributed by atoms with van der Waals surface area (Å²) in [6, 6.07) is 6.08. The van der Waals surface area contributed by atoms with Gasteiger partial charge in [0, 0.05) is 24.4 Å². The normalized spacial score (nSPS) is 18.7. The SMILES string of the molecule is Cc1ccc(-c2nnco2)cc1NCC1CCCO1. The number of ether oxygens (including phenoxy) is 1. The molecule has 0 saturated carbocycles. The van der Waals surface area contributed by atoms with E-state index in [1.165, 1.54) is 12.0 Å². The molecule has 1 aliphatic rings. The number of nitrogens with zero attached hydrogens (tertiary/aromatic N) is 2. The molecule has 1 aliphatic heterocycles. The number of aromatic nitrogens is 2. The van der Waals surface area contributed by atoms with Crippen molar-refractivity contribution in [2.24, 2.45) is 0 Å². The van der Waals surface area contributed by atoms with Gasteiger partial charge in [-0.1, -0.05) is 6.07 Å². The Balaban J connectivity index is 1.74. The first-order valence-electron chi connectivity index (χ1n) is 6.55. The molecule has 100 valence electrons. The average Bonchev–Trinajstić information content (AvgIpc) is 3.11. The lowest BCUT2D eigenvalue weighted by Crippen LogP contribution is -2.18. The smallest absolute Gasteiger partial charge is 0.247 e. The Morgan fingerprint density at radius 3 is 3.11 bits per heavy atom. The van der Waals surface area contributed by atoms with Gasteiger partial charge in [0.25, 0.3) is 0 Å². The Hall–Kier alpha value is -1.88. The molecule has 2 heterocycles. The van der Waals surface area contributed by atoms with Crippen LogP contribution in [0.15, 0.2) is 29.0 Å². The molecule has 1 N–H and O–H groups in total. The fourth-order valence-electron chi connectivity index (χ4n) is 2.27. The molecule has 1 unspecified atom stereocenters. The van der Waals surface area contributed by atoms with Crippen molar-refractivity contribution in [1.82, 2.24) is 10.2 Å². The highest BCUT2D eigenvalue weighted by atomic mass is 16.5. The molecular formula is C14H17N3O2. The minimum Gasteiger partial charge on any atom is -0.423 e. The predicted octanol–water partition coefficient (Wildman–Crippen LogP) is 2.64. The van der Waals surface area contributed by atoms with Gasteiger partial charge in [-0.05, 0) is 37.5 Å². The van der Waals surface area contributed by atoms with E-state index in [0.29, 0.717) is 12.0 Å². The highest BCUT2D eigenvalue weighted by Gasteiger charge is 2.15. The van der Waals surface area contributed by atoms with Crippen LogP contribution >= 0.6 is 0 Å². The van der Waals surface area contributed by atoms with Gasteiger partial charge >= 0.3 is 0 Å². The molecule has 0 aliphatic carbocycles. The van der Waals surface area contributed by atoms with E-state index in [9.17, 15) is 0 Å². The summed E-state index contributed by atoms with van der Waals surface area (Å²) in [6.07, 6.45) is 3.96. The predicted molar refractivity (Wildman–Crippen MR) is 71.9 cm³/mol. The lowest BCUT2D eigenvalue weighted by molar-refractivity contribution is 0.120. The molecule has 0 spiro atoms. The summed E-state index contributed by atoms with van der Waals surface area (Å²) >= 11 is 0. The first kappa shape index (κ1) is 12.2. The van der Waals surface area contributed by atoms with Crippen molar-refractivity contribution in [1.29, 1.82) is 0 Å². The third-order valence-electron chi connectivity index (χ3n) is 3.39. The highest BCUT2D eigenvalue weighted by Crippen LogP contribution is 2.24. The van der Waals surface area contributed by atoms with Crippen LogP contribution in [0.5, 0.6) is 0 Å². The minimum atomic E-state index is 0.325. The zero-order chi connectivity index (χ0) is 13.1. The van der Waals surface area contributed by atoms with Crippen molar-refractivity contribution in [3.63, 3.8) is 0 Å². The van der Waals surface area contributed by atoms with Crippen LogP contribution in [0.25, 0.3) is 11.5 Å². The molecule has 0 radical (unpaired) electrons. The van der Waals surface area contributed by atoms with E-state index < -0.39 is 0 Å². The van der Waals surface area contributed by atoms with Crippen molar-refractivity contribution in [2.45, 2.75) is 25.9 Å². The Kier molecular flexibility index (Phi) is 3.46. The van der Waals surface area contributed by atoms with Crippen molar-refractivity contribution >= 4 is 5.69 Å². The first-order chi connectivity index (χ1) is 9.33. The lowest BCUT2D eigenvalue weighted by Gasteiger charge is -2.14. The highest BCUT2D eigenvalue weighted by molar-refractivity contribution is 5.64. The number of nitrogens with one attached hydrogen (secondary N) is 1. The molecule has 1 aromatic carbocycles. The van der Waals surface area contributed by atoms with Crippen molar-refractivity contribution in [2.75, 3.05) is 18.5 Å². The van der Waals surface area contributed by atoms with Crippen LogP contribution in [0.4, 0.5) is 5.69 Å². The van der Waals surface area contributed by atoms with Crippen LogP contribution in [0.3, 0.4) is 0 Å². The molecular weight excluding hydrogens is 242 g/mol. The summed E-state index contributed by atoms with van der Waals surface area (Å²) < 4.78 is 10.8. The average molecular weight is 259 g/mol. The molecule has 0 amide bonds. The minimum absolute atomic E-state index is 0.325. The van der Waals surface area contributed by atoms with Gasteiger partial charge in [-0.2, -0.15) is 0 Å². The van der Waals surface area contributed by atoms with E-state index in [-0.39, 0.29) is 0 Å². The summed E-state index contributed by atoms with van der Waals surface area (Å²) in [5.41, 5.74) is 3.21. The fourth-order valence-corrected chi connectivity index (χ4v) is 2.27. The molecule has 0 bridgehead atoms. The number of anilines is 1. The van der Waals surface area contributed by atoms with Crippen molar-refractivity contribution in [3.8, 4) is 11.5 Å². The molecule has 1 fully saturated rings. The Labute approximate surface area is 112 Å². The van der Waals surface area contributed by atoms with Gasteiger partial charge in [-0.3, -0.25) is 0 Å². The van der Waals surface area contributed by atoms with Crippen molar-refractivity contribution in [3.05, 3.63) is 30.2 Å². The second-order valence-electron chi connectivity index (χ2n) is 4.79. The van der Waals surface area contributed by atoms with Crippen LogP contribution < -0.4 is 5.32 Å². The standard InChI is InChI=1S/C14H17N3O2/c1-10-4-5-11(14-17-16-9-19-14)7-13(10)15-8-12-3-2-6-18-12/h4-5,7,9,12,15H,2-3,6,8H2,1H3. The fraction of sp³-hybridized carbons (Fsp3) is 0.429. The van der Waals surface area contributed by atoms with Gasteiger partial charge in [0.05, 0.1) is 6.10 Å². The number of benzene rings is 1. The summed E-state index contributed by atoms with van der Waals surface area (Å²) in [6.45, 7) is 3.80. The van der Waals surface area contributed by atoms with E-state index >= 15 is 0 Å². The monoisotopic (exact) mass is 259 g/mol. The maximum Gasteiger partial charge on any atom is 0.247 e. The second-order valence-corrected chi connectivity index (χ2v) is 4.79. The second kappa shape index (κ2) is 5.40. The summed E-state index contributed by atoms with van der Waals surface area (Å²) in [7, 11) is 0. The van der Waals surface area contributed by atoms with E-state index in [2.05, 4.69) is 28.5 Å². The number of hydrogen-bond acceptors (Lipinski definition) is 5. The van der Waals surface area contributed by atoms with Gasteiger partial charge < -0.3 is 14.5 Å². The van der Waals surface area contributed by atoms with E-state index in [0.717, 1.165) is 37.2 Å². The van der Waals surface area contributed by atoms with Crippen LogP contribution in [0.2, 0.25) is 0 Å². The molecule has 1 aromatic heterocycles. The Morgan fingerprint density at radius 1 is 1.42 bits per heavy atom. The third kappa shape index (κ3) is 2.76. The van der Waals surface area contributed by atoms with Crippen LogP contribution in [0, 0.1) is 6.92 Å². The summed E-state index contributed by atoms with van der Waals surface area (Å²) in [5, 5.41) is 11.1. The van der Waals surface area contributed by atoms with Gasteiger partial charge in [-0.15, -0.1) is 10.2 Å². The van der Waals surface area contributed by atoms with E-state index in [4.69, 9.17) is 9.15 Å². The molecule has 1 saturated heterocycles. The van der Waals surface area contributed by atoms with Crippen LogP contribution in [-0.2, 0) is 4.74 Å². The van der Waals surface area contributed by atoms with E-state index in [1.807, 2.05) is 12.1 Å². The molecule has 2 aromatic rings. The van der Waals surface area contributed by atoms with Crippen molar-refractivity contribution < 1.29 is 9.15 Å². The molecule has 1 atom stereocenters. The van der Waals surface area contributed by atoms with Gasteiger partial charge in [-0.25, -0.2) is 0 Å². The van der Waals surface area contributed by atoms with Gasteiger partial charge in [0.1, 0.15) is 0 Å². The quantitative estimate of drug-likeness (QED) is 0.914. The first-order valence-corrected chi connectivity index (χ1v) is 6.55. The Morgan fingerprint density at radius 2 is 2.37 bits per heavy atom. The van der Waals surface area contributed by atoms with Crippen LogP contribution in [0.1, 0.15) is 18.4 Å².